The van der Waals surface area contributed by atoms with Crippen LogP contribution in [0.2, 0.25) is 0 Å². The quantitative estimate of drug-likeness (QED) is 0.333. The Bertz CT molecular complexity index is 1180. The van der Waals surface area contributed by atoms with Crippen molar-refractivity contribution in [1.82, 2.24) is 20.1 Å². The van der Waals surface area contributed by atoms with Crippen molar-refractivity contribution in [1.29, 1.82) is 0 Å². The van der Waals surface area contributed by atoms with Gasteiger partial charge in [0.15, 0.2) is 5.82 Å². The number of rotatable bonds is 10. The van der Waals surface area contributed by atoms with Gasteiger partial charge in [-0.3, -0.25) is 4.68 Å². The van der Waals surface area contributed by atoms with Gasteiger partial charge in [-0.2, -0.15) is 18.3 Å². The lowest BCUT2D eigenvalue weighted by molar-refractivity contribution is -0.275. The molecule has 1 aromatic heterocycles. The fraction of sp³-hybridized carbons (Fsp3) is 0.391. The topological polar surface area (TPSA) is 81.4 Å². The van der Waals surface area contributed by atoms with Crippen LogP contribution in [0.1, 0.15) is 23.4 Å². The zero-order chi connectivity index (χ0) is 29.1. The Morgan fingerprint density at radius 2 is 1.38 bits per heavy atom. The first-order valence-corrected chi connectivity index (χ1v) is 11.0. The van der Waals surface area contributed by atoms with Crippen molar-refractivity contribution in [3.05, 3.63) is 71.8 Å². The summed E-state index contributed by atoms with van der Waals surface area (Å²) in [7, 11) is 1.49. The van der Waals surface area contributed by atoms with Gasteiger partial charge in [0.05, 0.1) is 18.1 Å². The van der Waals surface area contributed by atoms with E-state index in [9.17, 15) is 44.6 Å². The molecule has 1 unspecified atom stereocenters. The molecule has 0 aliphatic carbocycles. The second-order valence-corrected chi connectivity index (χ2v) is 8.42. The van der Waals surface area contributed by atoms with E-state index < -0.39 is 55.0 Å². The second-order valence-electron chi connectivity index (χ2n) is 8.42. The van der Waals surface area contributed by atoms with Crippen molar-refractivity contribution >= 4 is 0 Å². The molecule has 1 heterocycles. The highest BCUT2D eigenvalue weighted by molar-refractivity contribution is 5.45. The van der Waals surface area contributed by atoms with Crippen LogP contribution < -0.4 is 14.8 Å². The van der Waals surface area contributed by atoms with Crippen molar-refractivity contribution in [2.75, 3.05) is 6.54 Å². The molecule has 0 fully saturated rings. The summed E-state index contributed by atoms with van der Waals surface area (Å²) in [4.78, 5) is 4.05. The average molecular weight is 572 g/mol. The highest BCUT2D eigenvalue weighted by Gasteiger charge is 2.40. The number of aryl methyl sites for hydroxylation is 1. The van der Waals surface area contributed by atoms with Crippen molar-refractivity contribution in [3.63, 3.8) is 0 Å². The Labute approximate surface area is 215 Å². The van der Waals surface area contributed by atoms with Gasteiger partial charge >= 0.3 is 18.9 Å². The number of hydrogen-bond donors (Lipinski definition) is 2. The van der Waals surface area contributed by atoms with E-state index in [4.69, 9.17) is 0 Å². The van der Waals surface area contributed by atoms with E-state index in [1.807, 2.05) is 0 Å². The van der Waals surface area contributed by atoms with E-state index in [1.54, 1.807) is 0 Å². The standard InChI is InChI=1S/C23H21F9N4O3/c1-36-13-33-19(35-36)11-20(34-12-16(37)10-21(24,25)26,14-4-2-6-17(8-14)38-22(27,28)29)15-5-3-7-18(9-15)39-23(30,31)32/h2-9,13,16,34,37H,10-12H2,1H3. The lowest BCUT2D eigenvalue weighted by Crippen LogP contribution is -2.49. The molecule has 7 nitrogen and oxygen atoms in total. The van der Waals surface area contributed by atoms with E-state index in [0.29, 0.717) is 0 Å². The van der Waals surface area contributed by atoms with E-state index >= 15 is 0 Å². The SMILES string of the molecule is Cn1cnc(CC(NCC(O)CC(F)(F)F)(c2cccc(OC(F)(F)F)c2)c2cccc(OC(F)(F)F)c2)n1. The summed E-state index contributed by atoms with van der Waals surface area (Å²) in [6, 6.07) is 8.62. The lowest BCUT2D eigenvalue weighted by Gasteiger charge is -2.37. The number of ether oxygens (including phenoxy) is 2. The number of nitrogens with zero attached hydrogens (tertiary/aromatic N) is 3. The van der Waals surface area contributed by atoms with E-state index in [0.717, 1.165) is 36.4 Å². The van der Waals surface area contributed by atoms with Crippen LogP contribution in [-0.4, -0.2) is 51.4 Å². The van der Waals surface area contributed by atoms with Crippen LogP contribution in [0.4, 0.5) is 39.5 Å². The number of halogens is 9. The molecular weight excluding hydrogens is 551 g/mol. The Balaban J connectivity index is 2.19. The molecule has 3 rings (SSSR count). The zero-order valence-electron chi connectivity index (χ0n) is 19.9. The molecule has 39 heavy (non-hydrogen) atoms. The summed E-state index contributed by atoms with van der Waals surface area (Å²) in [5, 5.41) is 16.9. The number of aromatic nitrogens is 3. The van der Waals surface area contributed by atoms with Gasteiger partial charge in [-0.15, -0.1) is 26.3 Å². The minimum Gasteiger partial charge on any atom is -0.406 e. The summed E-state index contributed by atoms with van der Waals surface area (Å²) >= 11 is 0. The summed E-state index contributed by atoms with van der Waals surface area (Å²) < 4.78 is 126. The van der Waals surface area contributed by atoms with Gasteiger partial charge in [-0.1, -0.05) is 24.3 Å². The van der Waals surface area contributed by atoms with Crippen LogP contribution in [0.3, 0.4) is 0 Å². The molecule has 2 N–H and O–H groups in total. The maximum atomic E-state index is 12.9. The van der Waals surface area contributed by atoms with Gasteiger partial charge in [0.1, 0.15) is 17.8 Å². The summed E-state index contributed by atoms with van der Waals surface area (Å²) in [5.41, 5.74) is -2.01. The minimum absolute atomic E-state index is 0.0274. The van der Waals surface area contributed by atoms with Gasteiger partial charge in [-0.05, 0) is 35.4 Å². The minimum atomic E-state index is -5.10. The van der Waals surface area contributed by atoms with Gasteiger partial charge in [0.2, 0.25) is 0 Å². The third-order valence-electron chi connectivity index (χ3n) is 5.30. The van der Waals surface area contributed by atoms with Gasteiger partial charge < -0.3 is 19.9 Å². The largest absolute Gasteiger partial charge is 0.573 e. The van der Waals surface area contributed by atoms with Gasteiger partial charge in [0, 0.05) is 20.0 Å². The number of hydrogen-bond acceptors (Lipinski definition) is 6. The van der Waals surface area contributed by atoms with Crippen LogP contribution in [0, 0.1) is 0 Å². The molecule has 0 amide bonds. The number of aliphatic hydroxyl groups excluding tert-OH is 1. The molecule has 3 aromatic rings. The Kier molecular flexibility index (Phi) is 8.69. The smallest absolute Gasteiger partial charge is 0.406 e. The van der Waals surface area contributed by atoms with Crippen LogP contribution in [-0.2, 0) is 19.0 Å². The molecule has 0 radical (unpaired) electrons. The number of aliphatic hydroxyl groups is 1. The van der Waals surface area contributed by atoms with Crippen LogP contribution in [0.25, 0.3) is 0 Å². The number of nitrogens with one attached hydrogen (secondary N) is 1. The van der Waals surface area contributed by atoms with Gasteiger partial charge in [0.25, 0.3) is 0 Å². The fourth-order valence-corrected chi connectivity index (χ4v) is 3.89. The predicted octanol–water partition coefficient (Wildman–Crippen LogP) is 5.00. The Morgan fingerprint density at radius 1 is 0.872 bits per heavy atom. The third-order valence-corrected chi connectivity index (χ3v) is 5.30. The van der Waals surface area contributed by atoms with E-state index in [2.05, 4.69) is 24.9 Å². The molecule has 0 aliphatic rings. The van der Waals surface area contributed by atoms with Crippen molar-refractivity contribution < 1.29 is 54.1 Å². The first kappa shape index (κ1) is 30.0. The van der Waals surface area contributed by atoms with Crippen LogP contribution >= 0.6 is 0 Å². The maximum Gasteiger partial charge on any atom is 0.573 e. The molecule has 2 aromatic carbocycles. The van der Waals surface area contributed by atoms with E-state index in [1.165, 1.54) is 30.2 Å². The fourth-order valence-electron chi connectivity index (χ4n) is 3.89. The first-order chi connectivity index (χ1) is 17.9. The highest BCUT2D eigenvalue weighted by atomic mass is 19.4. The Hall–Kier alpha value is -3.53. The van der Waals surface area contributed by atoms with Crippen molar-refractivity contribution in [2.24, 2.45) is 7.05 Å². The molecule has 0 saturated heterocycles. The highest BCUT2D eigenvalue weighted by Crippen LogP contribution is 2.38. The second kappa shape index (κ2) is 11.3. The van der Waals surface area contributed by atoms with Crippen LogP contribution in [0.5, 0.6) is 11.5 Å². The zero-order valence-corrected chi connectivity index (χ0v) is 19.9. The van der Waals surface area contributed by atoms with Gasteiger partial charge in [-0.25, -0.2) is 4.98 Å². The molecule has 0 aliphatic heterocycles. The molecular formula is C23H21F9N4O3. The molecule has 214 valence electrons. The lowest BCUT2D eigenvalue weighted by atomic mass is 9.79. The molecule has 16 heteroatoms. The third kappa shape index (κ3) is 9.02. The molecule has 0 bridgehead atoms. The number of alkyl halides is 9. The normalized spacial score (nSPS) is 13.8. The molecule has 0 saturated carbocycles. The average Bonchev–Trinajstić information content (AvgIpc) is 3.18. The van der Waals surface area contributed by atoms with Crippen molar-refractivity contribution in [3.8, 4) is 11.5 Å². The predicted molar refractivity (Wildman–Crippen MR) is 116 cm³/mol. The van der Waals surface area contributed by atoms with Crippen molar-refractivity contribution in [2.45, 2.75) is 43.4 Å². The molecule has 1 atom stereocenters. The maximum absolute atomic E-state index is 12.9. The Morgan fingerprint density at radius 3 is 1.79 bits per heavy atom. The van der Waals surface area contributed by atoms with Crippen LogP contribution in [0.15, 0.2) is 54.9 Å². The first-order valence-electron chi connectivity index (χ1n) is 11.0. The number of benzene rings is 2. The van der Waals surface area contributed by atoms with E-state index in [-0.39, 0.29) is 23.4 Å². The monoisotopic (exact) mass is 572 g/mol. The summed E-state index contributed by atoms with van der Waals surface area (Å²) in [5.74, 6) is -1.39. The molecule has 0 spiro atoms. The summed E-state index contributed by atoms with van der Waals surface area (Å²) in [6.07, 6.45) is -17.7. The summed E-state index contributed by atoms with van der Waals surface area (Å²) in [6.45, 7) is -0.777.